The van der Waals surface area contributed by atoms with Crippen molar-refractivity contribution in [3.05, 3.63) is 47.7 Å². The van der Waals surface area contributed by atoms with Gasteiger partial charge in [0.25, 0.3) is 0 Å². The van der Waals surface area contributed by atoms with Gasteiger partial charge in [-0.25, -0.2) is 0 Å². The Labute approximate surface area is 133 Å². The number of aromatic nitrogens is 1. The molecule has 0 aliphatic heterocycles. The number of hydrogen-bond donors (Lipinski definition) is 0. The number of rotatable bonds is 4. The Bertz CT molecular complexity index is 658. The molecule has 1 nitrogen and oxygen atoms in total. The molecule has 0 radical (unpaired) electrons. The van der Waals surface area contributed by atoms with E-state index in [1.54, 1.807) is 0 Å². The van der Waals surface area contributed by atoms with Gasteiger partial charge in [0.15, 0.2) is 0 Å². The maximum absolute atomic E-state index is 7.46. The monoisotopic (exact) mass is 299 g/mol. The minimum absolute atomic E-state index is 0.620. The maximum atomic E-state index is 7.46. The highest BCUT2D eigenvalue weighted by Gasteiger charge is 2.21. The van der Waals surface area contributed by atoms with Gasteiger partial charge in [-0.1, -0.05) is 63.3 Å². The van der Waals surface area contributed by atoms with Crippen LogP contribution in [-0.2, 0) is 6.42 Å². The average Bonchev–Trinajstić information content (AvgIpc) is 2.45. The Morgan fingerprint density at radius 2 is 1.81 bits per heavy atom. The van der Waals surface area contributed by atoms with Crippen LogP contribution in [0.4, 0.5) is 0 Å². The van der Waals surface area contributed by atoms with Gasteiger partial charge in [0.05, 0.1) is 13.8 Å². The second-order valence-corrected chi connectivity index (χ2v) is 12.2. The highest BCUT2D eigenvalue weighted by molar-refractivity contribution is 6.89. The van der Waals surface area contributed by atoms with Crippen LogP contribution in [-0.4, -0.2) is 13.1 Å². The lowest BCUT2D eigenvalue weighted by atomic mass is 10.0. The molecule has 0 unspecified atom stereocenters. The van der Waals surface area contributed by atoms with Crippen molar-refractivity contribution in [1.29, 1.82) is 0 Å². The Balaban J connectivity index is 2.43. The third-order valence-electron chi connectivity index (χ3n) is 3.63. The molecule has 2 aromatic rings. The predicted octanol–water partition coefficient (Wildman–Crippen LogP) is 4.80. The molecule has 0 atom stereocenters. The summed E-state index contributed by atoms with van der Waals surface area (Å²) in [5, 5.41) is 1.45. The number of pyridine rings is 1. The third-order valence-corrected chi connectivity index (χ3v) is 5.70. The molecule has 112 valence electrons. The van der Waals surface area contributed by atoms with Crippen molar-refractivity contribution in [3.8, 4) is 11.3 Å². The fourth-order valence-corrected chi connectivity index (χ4v) is 4.18. The lowest BCUT2D eigenvalue weighted by molar-refractivity contribution is 0.649. The van der Waals surface area contributed by atoms with E-state index in [0.717, 1.165) is 23.2 Å². The van der Waals surface area contributed by atoms with E-state index >= 15 is 0 Å². The van der Waals surface area contributed by atoms with Crippen molar-refractivity contribution < 1.29 is 2.74 Å². The van der Waals surface area contributed by atoms with Crippen molar-refractivity contribution in [2.45, 2.75) is 46.8 Å². The van der Waals surface area contributed by atoms with Gasteiger partial charge >= 0.3 is 0 Å². The molecular formula is C19H27NSi. The van der Waals surface area contributed by atoms with E-state index in [-0.39, 0.29) is 0 Å². The fraction of sp³-hybridized carbons (Fsp3) is 0.421. The molecule has 0 spiro atoms. The molecule has 0 fully saturated rings. The molecule has 0 bridgehead atoms. The third kappa shape index (κ3) is 4.04. The smallest absolute Gasteiger partial charge is 0.0799 e. The van der Waals surface area contributed by atoms with Crippen molar-refractivity contribution >= 4 is 13.3 Å². The molecule has 2 rings (SSSR count). The fourth-order valence-electron chi connectivity index (χ4n) is 2.59. The van der Waals surface area contributed by atoms with E-state index in [0.29, 0.717) is 5.92 Å². The summed E-state index contributed by atoms with van der Waals surface area (Å²) in [7, 11) is -1.40. The normalized spacial score (nSPS) is 13.5. The second kappa shape index (κ2) is 6.14. The average molecular weight is 300 g/mol. The van der Waals surface area contributed by atoms with Crippen LogP contribution in [0.15, 0.2) is 36.5 Å². The quantitative estimate of drug-likeness (QED) is 0.739. The zero-order valence-electron chi connectivity index (χ0n) is 15.8. The topological polar surface area (TPSA) is 12.9 Å². The standard InChI is InChI=1S/C19H27NSi/c1-14(2)11-17-12-18(16-9-7-15(3)8-10-16)20-13-19(17)21(4,5)6/h7-10,12-14H,11H2,1-6H3/i3D2. The molecule has 0 aliphatic rings. The molecule has 1 aromatic carbocycles. The molecule has 0 saturated carbocycles. The van der Waals surface area contributed by atoms with Crippen LogP contribution in [0.1, 0.15) is 27.7 Å². The maximum Gasteiger partial charge on any atom is 0.0799 e. The predicted molar refractivity (Wildman–Crippen MR) is 95.9 cm³/mol. The second-order valence-electron chi connectivity index (χ2n) is 7.20. The summed E-state index contributed by atoms with van der Waals surface area (Å²) in [5.74, 6) is 0.620. The molecular weight excluding hydrogens is 270 g/mol. The Kier molecular flexibility index (Phi) is 3.88. The summed E-state index contributed by atoms with van der Waals surface area (Å²) < 4.78 is 14.9. The van der Waals surface area contributed by atoms with Crippen LogP contribution >= 0.6 is 0 Å². The first-order chi connectivity index (χ1) is 10.7. The molecule has 1 heterocycles. The van der Waals surface area contributed by atoms with Crippen LogP contribution in [0.2, 0.25) is 19.6 Å². The summed E-state index contributed by atoms with van der Waals surface area (Å²) in [6.07, 6.45) is 3.15. The minimum atomic E-state index is -1.40. The van der Waals surface area contributed by atoms with E-state index < -0.39 is 14.9 Å². The van der Waals surface area contributed by atoms with E-state index in [1.165, 1.54) is 10.8 Å². The number of benzene rings is 1. The van der Waals surface area contributed by atoms with Gasteiger partial charge in [0, 0.05) is 14.5 Å². The lowest BCUT2D eigenvalue weighted by Gasteiger charge is -2.22. The zero-order valence-corrected chi connectivity index (χ0v) is 14.8. The largest absolute Gasteiger partial charge is 0.256 e. The first-order valence-electron chi connectivity index (χ1n) is 8.78. The van der Waals surface area contributed by atoms with E-state index in [9.17, 15) is 0 Å². The lowest BCUT2D eigenvalue weighted by Crippen LogP contribution is -2.40. The first-order valence-corrected chi connectivity index (χ1v) is 11.1. The molecule has 2 heteroatoms. The molecule has 21 heavy (non-hydrogen) atoms. The Morgan fingerprint density at radius 3 is 2.33 bits per heavy atom. The van der Waals surface area contributed by atoms with Crippen LogP contribution < -0.4 is 5.19 Å². The van der Waals surface area contributed by atoms with Crippen LogP contribution in [0.3, 0.4) is 0 Å². The summed E-state index contributed by atoms with van der Waals surface area (Å²) in [6.45, 7) is 10.7. The first kappa shape index (κ1) is 13.3. The van der Waals surface area contributed by atoms with Crippen LogP contribution in [0.5, 0.6) is 0 Å². The van der Waals surface area contributed by atoms with E-state index in [2.05, 4.69) is 45.8 Å². The highest BCUT2D eigenvalue weighted by Crippen LogP contribution is 2.20. The summed E-state index contributed by atoms with van der Waals surface area (Å²) in [5.41, 5.74) is 4.18. The minimum Gasteiger partial charge on any atom is -0.256 e. The molecule has 0 saturated heterocycles. The van der Waals surface area contributed by atoms with Gasteiger partial charge in [0.1, 0.15) is 0 Å². The Morgan fingerprint density at radius 1 is 1.14 bits per heavy atom. The summed E-state index contributed by atoms with van der Waals surface area (Å²) in [6, 6.07) is 9.90. The summed E-state index contributed by atoms with van der Waals surface area (Å²) >= 11 is 0. The van der Waals surface area contributed by atoms with Gasteiger partial charge in [0.2, 0.25) is 0 Å². The van der Waals surface area contributed by atoms with Gasteiger partial charge in [-0.05, 0) is 36.0 Å². The van der Waals surface area contributed by atoms with Crippen molar-refractivity contribution in [1.82, 2.24) is 4.98 Å². The van der Waals surface area contributed by atoms with E-state index in [1.807, 2.05) is 24.3 Å². The number of nitrogens with zero attached hydrogens (tertiary/aromatic N) is 1. The molecule has 0 aliphatic carbocycles. The van der Waals surface area contributed by atoms with Crippen molar-refractivity contribution in [2.24, 2.45) is 5.92 Å². The van der Waals surface area contributed by atoms with Gasteiger partial charge in [-0.3, -0.25) is 4.98 Å². The summed E-state index contributed by atoms with van der Waals surface area (Å²) in [4.78, 5) is 4.70. The number of hydrogen-bond acceptors (Lipinski definition) is 1. The SMILES string of the molecule is [2H]C([2H])c1ccc(-c2cc(CC(C)C)c([Si](C)(C)C)cn2)cc1. The van der Waals surface area contributed by atoms with Crippen LogP contribution in [0, 0.1) is 12.8 Å². The number of aryl methyl sites for hydroxylation is 1. The van der Waals surface area contributed by atoms with Gasteiger partial charge < -0.3 is 0 Å². The van der Waals surface area contributed by atoms with Gasteiger partial charge in [-0.2, -0.15) is 0 Å². The van der Waals surface area contributed by atoms with Crippen molar-refractivity contribution in [3.63, 3.8) is 0 Å². The van der Waals surface area contributed by atoms with E-state index in [4.69, 9.17) is 7.73 Å². The molecule has 0 N–H and O–H groups in total. The van der Waals surface area contributed by atoms with Crippen molar-refractivity contribution in [2.75, 3.05) is 0 Å². The zero-order chi connectivity index (χ0) is 17.2. The Hall–Kier alpha value is -1.41. The van der Waals surface area contributed by atoms with Crippen LogP contribution in [0.25, 0.3) is 11.3 Å². The molecule has 1 aromatic heterocycles. The highest BCUT2D eigenvalue weighted by atomic mass is 28.3. The van der Waals surface area contributed by atoms with Gasteiger partial charge in [-0.15, -0.1) is 0 Å². The molecule has 0 amide bonds.